The molecule has 0 aliphatic heterocycles. The van der Waals surface area contributed by atoms with Crippen LogP contribution in [-0.2, 0) is 10.2 Å². The molecule has 134 valence electrons. The molecule has 1 amide bonds. The summed E-state index contributed by atoms with van der Waals surface area (Å²) in [5, 5.41) is 15.5. The van der Waals surface area contributed by atoms with Crippen LogP contribution >= 0.6 is 11.6 Å². The molecule has 2 aromatic rings. The summed E-state index contributed by atoms with van der Waals surface area (Å²) >= 11 is 6.05. The highest BCUT2D eigenvalue weighted by molar-refractivity contribution is 6.31. The molecular formula is C21H22ClN3O. The third-order valence-corrected chi connectivity index (χ3v) is 4.34. The maximum absolute atomic E-state index is 12.3. The lowest BCUT2D eigenvalue weighted by Crippen LogP contribution is -2.14. The second-order valence-electron chi connectivity index (χ2n) is 7.06. The first kappa shape index (κ1) is 19.6. The van der Waals surface area contributed by atoms with Crippen molar-refractivity contribution in [3.8, 4) is 6.07 Å². The van der Waals surface area contributed by atoms with E-state index in [9.17, 15) is 10.1 Å². The molecule has 26 heavy (non-hydrogen) atoms. The van der Waals surface area contributed by atoms with Gasteiger partial charge in [0.2, 0.25) is 0 Å². The van der Waals surface area contributed by atoms with Gasteiger partial charge in [0.25, 0.3) is 5.91 Å². The lowest BCUT2D eigenvalue weighted by atomic mass is 9.87. The molecule has 2 N–H and O–H groups in total. The maximum atomic E-state index is 12.3. The number of benzene rings is 2. The second-order valence-corrected chi connectivity index (χ2v) is 7.47. The number of anilines is 2. The van der Waals surface area contributed by atoms with Crippen molar-refractivity contribution in [1.29, 1.82) is 5.26 Å². The molecule has 0 unspecified atom stereocenters. The SMILES string of the molecule is Cc1ccc(NC(=O)/C(C#N)=C\Nc2ccc(C(C)(C)C)cc2)cc1Cl. The van der Waals surface area contributed by atoms with E-state index in [1.165, 1.54) is 11.8 Å². The molecule has 0 aliphatic carbocycles. The summed E-state index contributed by atoms with van der Waals surface area (Å²) in [7, 11) is 0. The second kappa shape index (κ2) is 8.07. The Hall–Kier alpha value is -2.77. The van der Waals surface area contributed by atoms with Crippen LogP contribution in [0.5, 0.6) is 0 Å². The van der Waals surface area contributed by atoms with Crippen LogP contribution in [0.4, 0.5) is 11.4 Å². The van der Waals surface area contributed by atoms with E-state index in [0.717, 1.165) is 11.3 Å². The van der Waals surface area contributed by atoms with Gasteiger partial charge in [0, 0.05) is 22.6 Å². The third kappa shape index (κ3) is 5.11. The quantitative estimate of drug-likeness (QED) is 0.561. The van der Waals surface area contributed by atoms with Gasteiger partial charge in [-0.25, -0.2) is 0 Å². The van der Waals surface area contributed by atoms with Crippen LogP contribution in [0.25, 0.3) is 0 Å². The predicted molar refractivity (Wildman–Crippen MR) is 107 cm³/mol. The first-order valence-corrected chi connectivity index (χ1v) is 8.63. The predicted octanol–water partition coefficient (Wildman–Crippen LogP) is 5.40. The number of amides is 1. The first-order valence-electron chi connectivity index (χ1n) is 8.25. The standard InChI is InChI=1S/C21H22ClN3O/c1-14-5-8-18(11-19(14)22)25-20(26)15(12-23)13-24-17-9-6-16(7-10-17)21(2,3)4/h5-11,13,24H,1-4H3,(H,25,26)/b15-13-. The molecular weight excluding hydrogens is 346 g/mol. The average Bonchev–Trinajstić information content (AvgIpc) is 2.58. The lowest BCUT2D eigenvalue weighted by Gasteiger charge is -2.19. The van der Waals surface area contributed by atoms with Crippen molar-refractivity contribution in [2.75, 3.05) is 10.6 Å². The van der Waals surface area contributed by atoms with Gasteiger partial charge in [-0.15, -0.1) is 0 Å². The molecule has 0 aromatic heterocycles. The van der Waals surface area contributed by atoms with Crippen LogP contribution in [0.2, 0.25) is 5.02 Å². The summed E-state index contributed by atoms with van der Waals surface area (Å²) in [5.41, 5.74) is 3.52. The summed E-state index contributed by atoms with van der Waals surface area (Å²) in [6.07, 6.45) is 1.40. The lowest BCUT2D eigenvalue weighted by molar-refractivity contribution is -0.112. The normalized spacial score (nSPS) is 11.6. The number of carbonyl (C=O) groups is 1. The smallest absolute Gasteiger partial charge is 0.267 e. The zero-order chi connectivity index (χ0) is 19.3. The van der Waals surface area contributed by atoms with Gasteiger partial charge in [-0.1, -0.05) is 50.6 Å². The summed E-state index contributed by atoms with van der Waals surface area (Å²) < 4.78 is 0. The van der Waals surface area contributed by atoms with Crippen molar-refractivity contribution < 1.29 is 4.79 Å². The zero-order valence-corrected chi connectivity index (χ0v) is 16.1. The van der Waals surface area contributed by atoms with Crippen molar-refractivity contribution in [2.24, 2.45) is 0 Å². The van der Waals surface area contributed by atoms with Crippen LogP contribution in [0.3, 0.4) is 0 Å². The largest absolute Gasteiger partial charge is 0.360 e. The maximum Gasteiger partial charge on any atom is 0.267 e. The fourth-order valence-corrected chi connectivity index (χ4v) is 2.42. The van der Waals surface area contributed by atoms with E-state index in [2.05, 4.69) is 31.4 Å². The van der Waals surface area contributed by atoms with E-state index >= 15 is 0 Å². The number of nitrogens with zero attached hydrogens (tertiary/aromatic N) is 1. The number of halogens is 1. The van der Waals surface area contributed by atoms with Crippen LogP contribution in [0.15, 0.2) is 54.2 Å². The Balaban J connectivity index is 2.08. The molecule has 0 heterocycles. The number of rotatable bonds is 4. The number of carbonyl (C=O) groups excluding carboxylic acids is 1. The molecule has 4 nitrogen and oxygen atoms in total. The van der Waals surface area contributed by atoms with Gasteiger partial charge < -0.3 is 10.6 Å². The van der Waals surface area contributed by atoms with Gasteiger partial charge in [0.1, 0.15) is 11.6 Å². The van der Waals surface area contributed by atoms with Crippen molar-refractivity contribution in [3.63, 3.8) is 0 Å². The molecule has 0 saturated heterocycles. The van der Waals surface area contributed by atoms with Gasteiger partial charge in [-0.2, -0.15) is 5.26 Å². The van der Waals surface area contributed by atoms with Crippen LogP contribution in [-0.4, -0.2) is 5.91 Å². The van der Waals surface area contributed by atoms with E-state index in [4.69, 9.17) is 11.6 Å². The number of aryl methyl sites for hydroxylation is 1. The third-order valence-electron chi connectivity index (χ3n) is 3.93. The molecule has 5 heteroatoms. The molecule has 0 spiro atoms. The minimum atomic E-state index is -0.494. The highest BCUT2D eigenvalue weighted by Crippen LogP contribution is 2.24. The molecule has 0 saturated carbocycles. The Morgan fingerprint density at radius 3 is 2.27 bits per heavy atom. The van der Waals surface area contributed by atoms with Gasteiger partial charge in [0.05, 0.1) is 0 Å². The van der Waals surface area contributed by atoms with E-state index in [1.807, 2.05) is 43.3 Å². The average molecular weight is 368 g/mol. The summed E-state index contributed by atoms with van der Waals surface area (Å²) in [6, 6.07) is 15.0. The van der Waals surface area contributed by atoms with Crippen molar-refractivity contribution in [3.05, 3.63) is 70.4 Å². The van der Waals surface area contributed by atoms with E-state index in [-0.39, 0.29) is 11.0 Å². The minimum absolute atomic E-state index is 0.0263. The Morgan fingerprint density at radius 1 is 1.12 bits per heavy atom. The molecule has 0 aliphatic rings. The minimum Gasteiger partial charge on any atom is -0.360 e. The highest BCUT2D eigenvalue weighted by Gasteiger charge is 2.13. The molecule has 0 fully saturated rings. The van der Waals surface area contributed by atoms with Crippen LogP contribution in [0, 0.1) is 18.3 Å². The van der Waals surface area contributed by atoms with Crippen LogP contribution < -0.4 is 10.6 Å². The topological polar surface area (TPSA) is 64.9 Å². The van der Waals surface area contributed by atoms with Gasteiger partial charge >= 0.3 is 0 Å². The monoisotopic (exact) mass is 367 g/mol. The van der Waals surface area contributed by atoms with Crippen LogP contribution in [0.1, 0.15) is 31.9 Å². The highest BCUT2D eigenvalue weighted by atomic mass is 35.5. The van der Waals surface area contributed by atoms with Crippen molar-refractivity contribution in [1.82, 2.24) is 0 Å². The van der Waals surface area contributed by atoms with E-state index < -0.39 is 5.91 Å². The molecule has 0 radical (unpaired) electrons. The fourth-order valence-electron chi connectivity index (χ4n) is 2.24. The molecule has 0 bridgehead atoms. The summed E-state index contributed by atoms with van der Waals surface area (Å²) in [5.74, 6) is -0.494. The number of nitrogens with one attached hydrogen (secondary N) is 2. The van der Waals surface area contributed by atoms with Gasteiger partial charge in [0.15, 0.2) is 0 Å². The number of nitriles is 1. The summed E-state index contributed by atoms with van der Waals surface area (Å²) in [6.45, 7) is 8.31. The van der Waals surface area contributed by atoms with Crippen molar-refractivity contribution in [2.45, 2.75) is 33.1 Å². The van der Waals surface area contributed by atoms with E-state index in [1.54, 1.807) is 12.1 Å². The molecule has 2 aromatic carbocycles. The Bertz CT molecular complexity index is 872. The molecule has 0 atom stereocenters. The number of hydrogen-bond donors (Lipinski definition) is 2. The number of hydrogen-bond acceptors (Lipinski definition) is 3. The Kier molecular flexibility index (Phi) is 6.07. The van der Waals surface area contributed by atoms with Gasteiger partial charge in [-0.3, -0.25) is 4.79 Å². The van der Waals surface area contributed by atoms with Gasteiger partial charge in [-0.05, 0) is 47.7 Å². The van der Waals surface area contributed by atoms with Crippen molar-refractivity contribution >= 4 is 28.9 Å². The van der Waals surface area contributed by atoms with E-state index in [0.29, 0.717) is 10.7 Å². The fraction of sp³-hybridized carbons (Fsp3) is 0.238. The summed E-state index contributed by atoms with van der Waals surface area (Å²) in [4.78, 5) is 12.3. The Morgan fingerprint density at radius 2 is 1.73 bits per heavy atom. The zero-order valence-electron chi connectivity index (χ0n) is 15.4. The molecule has 2 rings (SSSR count). The Labute approximate surface area is 159 Å². The first-order chi connectivity index (χ1) is 12.2.